The Balaban J connectivity index is 1.71. The van der Waals surface area contributed by atoms with E-state index in [1.54, 1.807) is 13.0 Å². The van der Waals surface area contributed by atoms with Crippen LogP contribution in [0.2, 0.25) is 0 Å². The first kappa shape index (κ1) is 21.0. The zero-order valence-corrected chi connectivity index (χ0v) is 15.6. The van der Waals surface area contributed by atoms with Crippen molar-refractivity contribution in [2.45, 2.75) is 31.6 Å². The highest BCUT2D eigenvalue weighted by Crippen LogP contribution is 2.36. The SMILES string of the molecule is Cc1cc(Nc2ccc(F)cc2C(F)(F)F)cnc1CNC(=O)C1(N)CCOC1. The molecule has 29 heavy (non-hydrogen) atoms. The number of amides is 1. The molecule has 0 saturated carbocycles. The second kappa shape index (κ2) is 7.96. The molecule has 0 bridgehead atoms. The number of halogens is 4. The fraction of sp³-hybridized carbons (Fsp3) is 0.368. The van der Waals surface area contributed by atoms with E-state index >= 15 is 0 Å². The van der Waals surface area contributed by atoms with Crippen LogP contribution in [0.1, 0.15) is 23.2 Å². The molecule has 1 atom stereocenters. The van der Waals surface area contributed by atoms with Crippen molar-refractivity contribution in [3.8, 4) is 0 Å². The number of anilines is 2. The third kappa shape index (κ3) is 4.83. The number of pyridine rings is 1. The van der Waals surface area contributed by atoms with Gasteiger partial charge in [0, 0.05) is 6.61 Å². The standard InChI is InChI=1S/C19H20F4N4O2/c1-11-6-13(27-15-3-2-12(20)7-14(15)19(21,22)23)8-25-16(11)9-26-17(28)18(24)4-5-29-10-18/h2-3,6-8,27H,4-5,9-10,24H2,1H3,(H,26,28). The molecule has 6 nitrogen and oxygen atoms in total. The number of hydrogen-bond acceptors (Lipinski definition) is 5. The van der Waals surface area contributed by atoms with Crippen molar-refractivity contribution in [1.82, 2.24) is 10.3 Å². The Bertz CT molecular complexity index is 912. The number of nitrogens with one attached hydrogen (secondary N) is 2. The van der Waals surface area contributed by atoms with Crippen LogP contribution in [-0.2, 0) is 22.3 Å². The van der Waals surface area contributed by atoms with Gasteiger partial charge in [-0.2, -0.15) is 13.2 Å². The van der Waals surface area contributed by atoms with E-state index in [0.29, 0.717) is 36.0 Å². The van der Waals surface area contributed by atoms with Gasteiger partial charge in [-0.25, -0.2) is 4.39 Å². The Morgan fingerprint density at radius 1 is 1.34 bits per heavy atom. The van der Waals surface area contributed by atoms with Crippen molar-refractivity contribution in [3.63, 3.8) is 0 Å². The maximum absolute atomic E-state index is 13.2. The quantitative estimate of drug-likeness (QED) is 0.657. The Labute approximate surface area is 164 Å². The molecule has 0 radical (unpaired) electrons. The normalized spacial score (nSPS) is 19.2. The third-order valence-electron chi connectivity index (χ3n) is 4.67. The molecule has 1 aromatic carbocycles. The van der Waals surface area contributed by atoms with E-state index in [2.05, 4.69) is 15.6 Å². The molecule has 1 amide bonds. The number of carbonyl (C=O) groups excluding carboxylic acids is 1. The van der Waals surface area contributed by atoms with E-state index in [9.17, 15) is 22.4 Å². The van der Waals surface area contributed by atoms with Crippen LogP contribution < -0.4 is 16.4 Å². The summed E-state index contributed by atoms with van der Waals surface area (Å²) in [6, 6.07) is 3.99. The van der Waals surface area contributed by atoms with Gasteiger partial charge < -0.3 is 21.1 Å². The molecule has 1 aromatic heterocycles. The zero-order chi connectivity index (χ0) is 21.2. The largest absolute Gasteiger partial charge is 0.418 e. The van der Waals surface area contributed by atoms with Gasteiger partial charge in [-0.1, -0.05) is 0 Å². The van der Waals surface area contributed by atoms with E-state index in [-0.39, 0.29) is 24.7 Å². The highest BCUT2D eigenvalue weighted by molar-refractivity contribution is 5.86. The molecular weight excluding hydrogens is 392 g/mol. The van der Waals surface area contributed by atoms with E-state index < -0.39 is 23.1 Å². The van der Waals surface area contributed by atoms with Crippen LogP contribution in [0.25, 0.3) is 0 Å². The molecule has 3 rings (SSSR count). The average molecular weight is 412 g/mol. The zero-order valence-electron chi connectivity index (χ0n) is 15.6. The third-order valence-corrected chi connectivity index (χ3v) is 4.67. The van der Waals surface area contributed by atoms with Gasteiger partial charge in [0.2, 0.25) is 5.91 Å². The molecule has 1 fully saturated rings. The Morgan fingerprint density at radius 3 is 2.72 bits per heavy atom. The van der Waals surface area contributed by atoms with Crippen molar-refractivity contribution in [3.05, 3.63) is 53.1 Å². The van der Waals surface area contributed by atoms with Gasteiger partial charge in [0.05, 0.1) is 42.0 Å². The van der Waals surface area contributed by atoms with Crippen LogP contribution in [0.15, 0.2) is 30.5 Å². The molecule has 1 aliphatic rings. The lowest BCUT2D eigenvalue weighted by Gasteiger charge is -2.21. The van der Waals surface area contributed by atoms with Crippen LogP contribution >= 0.6 is 0 Å². The van der Waals surface area contributed by atoms with Crippen LogP contribution in [0.3, 0.4) is 0 Å². The number of nitrogens with zero attached hydrogens (tertiary/aromatic N) is 1. The summed E-state index contributed by atoms with van der Waals surface area (Å²) in [5, 5.41) is 5.33. The molecule has 156 valence electrons. The Kier molecular flexibility index (Phi) is 5.76. The van der Waals surface area contributed by atoms with E-state index in [4.69, 9.17) is 10.5 Å². The van der Waals surface area contributed by atoms with E-state index in [1.807, 2.05) is 0 Å². The summed E-state index contributed by atoms with van der Waals surface area (Å²) in [6.45, 7) is 2.40. The van der Waals surface area contributed by atoms with Gasteiger partial charge >= 0.3 is 6.18 Å². The summed E-state index contributed by atoms with van der Waals surface area (Å²) >= 11 is 0. The minimum absolute atomic E-state index is 0.119. The van der Waals surface area contributed by atoms with Crippen molar-refractivity contribution >= 4 is 17.3 Å². The highest BCUT2D eigenvalue weighted by atomic mass is 19.4. The van der Waals surface area contributed by atoms with Gasteiger partial charge in [-0.3, -0.25) is 9.78 Å². The van der Waals surface area contributed by atoms with E-state index in [0.717, 1.165) is 12.1 Å². The van der Waals surface area contributed by atoms with Crippen molar-refractivity contribution < 1.29 is 27.1 Å². The second-order valence-corrected chi connectivity index (χ2v) is 6.94. The minimum atomic E-state index is -4.71. The van der Waals surface area contributed by atoms with Crippen LogP contribution in [0.5, 0.6) is 0 Å². The second-order valence-electron chi connectivity index (χ2n) is 6.94. The molecule has 1 saturated heterocycles. The van der Waals surface area contributed by atoms with Gasteiger partial charge in [0.25, 0.3) is 0 Å². The number of nitrogens with two attached hydrogens (primary N) is 1. The lowest BCUT2D eigenvalue weighted by atomic mass is 9.99. The predicted octanol–water partition coefficient (Wildman–Crippen LogP) is 3.03. The molecule has 0 spiro atoms. The number of hydrogen-bond donors (Lipinski definition) is 3. The summed E-state index contributed by atoms with van der Waals surface area (Å²) in [5.74, 6) is -1.33. The summed E-state index contributed by atoms with van der Waals surface area (Å²) < 4.78 is 57.8. The van der Waals surface area contributed by atoms with Crippen LogP contribution in [-0.4, -0.2) is 29.6 Å². The number of aryl methyl sites for hydroxylation is 1. The molecule has 4 N–H and O–H groups in total. The predicted molar refractivity (Wildman–Crippen MR) is 97.9 cm³/mol. The molecule has 1 aliphatic heterocycles. The molecule has 10 heteroatoms. The first-order chi connectivity index (χ1) is 13.6. The average Bonchev–Trinajstić information content (AvgIpc) is 3.09. The number of rotatable bonds is 5. The van der Waals surface area contributed by atoms with Crippen LogP contribution in [0.4, 0.5) is 28.9 Å². The molecular formula is C19H20F4N4O2. The number of alkyl halides is 3. The lowest BCUT2D eigenvalue weighted by Crippen LogP contribution is -2.54. The number of benzene rings is 1. The van der Waals surface area contributed by atoms with Gasteiger partial charge in [-0.15, -0.1) is 0 Å². The first-order valence-electron chi connectivity index (χ1n) is 8.83. The molecule has 0 aliphatic carbocycles. The van der Waals surface area contributed by atoms with Crippen molar-refractivity contribution in [2.24, 2.45) is 5.73 Å². The summed E-state index contributed by atoms with van der Waals surface area (Å²) in [5.41, 5.74) is 5.02. The molecule has 2 aromatic rings. The first-order valence-corrected chi connectivity index (χ1v) is 8.83. The Hall–Kier alpha value is -2.72. The molecule has 1 unspecified atom stereocenters. The van der Waals surface area contributed by atoms with Gasteiger partial charge in [0.1, 0.15) is 11.4 Å². The minimum Gasteiger partial charge on any atom is -0.379 e. The number of ether oxygens (including phenoxy) is 1. The van der Waals surface area contributed by atoms with Gasteiger partial charge in [-0.05, 0) is 43.2 Å². The highest BCUT2D eigenvalue weighted by Gasteiger charge is 2.38. The van der Waals surface area contributed by atoms with E-state index in [1.165, 1.54) is 6.20 Å². The maximum atomic E-state index is 13.2. The van der Waals surface area contributed by atoms with Gasteiger partial charge in [0.15, 0.2) is 0 Å². The fourth-order valence-corrected chi connectivity index (χ4v) is 2.97. The monoisotopic (exact) mass is 412 g/mol. The molecule has 2 heterocycles. The number of aromatic nitrogens is 1. The fourth-order valence-electron chi connectivity index (χ4n) is 2.97. The summed E-state index contributed by atoms with van der Waals surface area (Å²) in [6.07, 6.45) is -2.94. The smallest absolute Gasteiger partial charge is 0.379 e. The number of carbonyl (C=O) groups is 1. The summed E-state index contributed by atoms with van der Waals surface area (Å²) in [4.78, 5) is 16.4. The maximum Gasteiger partial charge on any atom is 0.418 e. The summed E-state index contributed by atoms with van der Waals surface area (Å²) in [7, 11) is 0. The Morgan fingerprint density at radius 2 is 2.10 bits per heavy atom. The van der Waals surface area contributed by atoms with Crippen molar-refractivity contribution in [1.29, 1.82) is 0 Å². The topological polar surface area (TPSA) is 89.3 Å². The van der Waals surface area contributed by atoms with Crippen molar-refractivity contribution in [2.75, 3.05) is 18.5 Å². The lowest BCUT2D eigenvalue weighted by molar-refractivity contribution is -0.137. The van der Waals surface area contributed by atoms with Crippen LogP contribution in [0, 0.1) is 12.7 Å².